The Morgan fingerprint density at radius 2 is 2.44 bits per heavy atom. The third-order valence-corrected chi connectivity index (χ3v) is 1.32. The summed E-state index contributed by atoms with van der Waals surface area (Å²) in [5.74, 6) is 0. The Hall–Kier alpha value is -0.830. The first-order valence-electron chi connectivity index (χ1n) is 2.41. The molecule has 1 aromatic heterocycles. The second-order valence-corrected chi connectivity index (χ2v) is 2.07. The summed E-state index contributed by atoms with van der Waals surface area (Å²) in [4.78, 5) is 3.70. The molecule has 1 rings (SSSR count). The molecule has 48 valence electrons. The lowest BCUT2D eigenvalue weighted by molar-refractivity contribution is -0.608. The summed E-state index contributed by atoms with van der Waals surface area (Å²) in [6, 6.07) is 0. The van der Waals surface area contributed by atoms with Gasteiger partial charge in [0.25, 0.3) is 6.33 Å². The average Bonchev–Trinajstić information content (AvgIpc) is 1.80. The van der Waals surface area contributed by atoms with E-state index in [-0.39, 0.29) is 0 Å². The van der Waals surface area contributed by atoms with Gasteiger partial charge < -0.3 is 5.21 Å². The van der Waals surface area contributed by atoms with Gasteiger partial charge in [-0.1, -0.05) is 16.6 Å². The van der Waals surface area contributed by atoms with Crippen molar-refractivity contribution in [1.29, 1.82) is 0 Å². The van der Waals surface area contributed by atoms with E-state index in [9.17, 15) is 5.21 Å². The first kappa shape index (κ1) is 6.29. The van der Waals surface area contributed by atoms with E-state index in [4.69, 9.17) is 11.6 Å². The molecule has 4 heteroatoms. The highest BCUT2D eigenvalue weighted by atomic mass is 35.5. The van der Waals surface area contributed by atoms with Crippen molar-refractivity contribution in [3.8, 4) is 0 Å². The van der Waals surface area contributed by atoms with Gasteiger partial charge in [0, 0.05) is 6.92 Å². The topological polar surface area (TPSA) is 39.8 Å². The molecule has 0 fully saturated rings. The fourth-order valence-corrected chi connectivity index (χ4v) is 0.589. The van der Waals surface area contributed by atoms with Gasteiger partial charge in [0.05, 0.1) is 0 Å². The summed E-state index contributed by atoms with van der Waals surface area (Å²) >= 11 is 5.53. The van der Waals surface area contributed by atoms with Crippen LogP contribution in [0.4, 0.5) is 0 Å². The summed E-state index contributed by atoms with van der Waals surface area (Å²) in [6.07, 6.45) is 2.44. The highest BCUT2D eigenvalue weighted by Gasteiger charge is 1.99. The zero-order valence-electron chi connectivity index (χ0n) is 4.84. The van der Waals surface area contributed by atoms with Crippen LogP contribution in [-0.4, -0.2) is 4.98 Å². The lowest BCUT2D eigenvalue weighted by atomic mass is 10.5. The third kappa shape index (κ3) is 1.29. The second kappa shape index (κ2) is 2.19. The van der Waals surface area contributed by atoms with Crippen molar-refractivity contribution < 1.29 is 4.73 Å². The van der Waals surface area contributed by atoms with Gasteiger partial charge in [-0.25, -0.2) is 4.73 Å². The molecule has 0 atom stereocenters. The van der Waals surface area contributed by atoms with E-state index in [0.29, 0.717) is 15.4 Å². The van der Waals surface area contributed by atoms with E-state index in [1.165, 1.54) is 12.5 Å². The zero-order chi connectivity index (χ0) is 6.85. The molecule has 0 aliphatic carbocycles. The van der Waals surface area contributed by atoms with Gasteiger partial charge in [-0.3, -0.25) is 0 Å². The largest absolute Gasteiger partial charge is 0.711 e. The van der Waals surface area contributed by atoms with Crippen LogP contribution in [0.2, 0.25) is 5.02 Å². The fourth-order valence-electron chi connectivity index (χ4n) is 0.444. The molecule has 0 spiro atoms. The number of aryl methyl sites for hydroxylation is 1. The summed E-state index contributed by atoms with van der Waals surface area (Å²) < 4.78 is 0.565. The molecular weight excluding hydrogens is 140 g/mol. The van der Waals surface area contributed by atoms with Crippen molar-refractivity contribution in [3.05, 3.63) is 28.4 Å². The fraction of sp³-hybridized carbons (Fsp3) is 0.200. The first-order valence-corrected chi connectivity index (χ1v) is 2.79. The van der Waals surface area contributed by atoms with E-state index in [1.54, 1.807) is 6.92 Å². The summed E-state index contributed by atoms with van der Waals surface area (Å²) in [5.41, 5.74) is 0.670. The van der Waals surface area contributed by atoms with E-state index in [1.807, 2.05) is 0 Å². The van der Waals surface area contributed by atoms with E-state index < -0.39 is 0 Å². The molecule has 0 aliphatic heterocycles. The minimum atomic E-state index is 0.396. The van der Waals surface area contributed by atoms with Crippen LogP contribution >= 0.6 is 11.6 Å². The van der Waals surface area contributed by atoms with Crippen LogP contribution in [0.1, 0.15) is 5.69 Å². The van der Waals surface area contributed by atoms with Gasteiger partial charge in [-0.15, -0.1) is 0 Å². The molecule has 0 N–H and O–H groups in total. The Labute approximate surface area is 57.5 Å². The van der Waals surface area contributed by atoms with Crippen LogP contribution in [0.5, 0.6) is 0 Å². The molecule has 0 amide bonds. The predicted octanol–water partition coefficient (Wildman–Crippen LogP) is 0.677. The molecule has 9 heavy (non-hydrogen) atoms. The van der Waals surface area contributed by atoms with E-state index in [2.05, 4.69) is 4.98 Å². The Bertz CT molecular complexity index is 226. The number of rotatable bonds is 0. The molecular formula is C5H5ClN2O. The molecule has 0 saturated heterocycles. The highest BCUT2D eigenvalue weighted by Crippen LogP contribution is 2.06. The summed E-state index contributed by atoms with van der Waals surface area (Å²) in [7, 11) is 0. The molecule has 1 aromatic rings. The van der Waals surface area contributed by atoms with Crippen molar-refractivity contribution in [2.45, 2.75) is 6.92 Å². The number of hydrogen-bond donors (Lipinski definition) is 0. The number of aromatic nitrogens is 2. The maximum absolute atomic E-state index is 10.4. The van der Waals surface area contributed by atoms with Crippen molar-refractivity contribution in [2.24, 2.45) is 0 Å². The SMILES string of the molecule is Cc1nc[n+]([O-])cc1Cl. The third-order valence-electron chi connectivity index (χ3n) is 0.951. The standard InChI is InChI=1S/C5H5ClN2O/c1-4-5(6)2-8(9)3-7-4/h2-3H,1H3. The van der Waals surface area contributed by atoms with Gasteiger partial charge in [0.2, 0.25) is 0 Å². The maximum Gasteiger partial charge on any atom is 0.289 e. The monoisotopic (exact) mass is 144 g/mol. The van der Waals surface area contributed by atoms with Crippen molar-refractivity contribution in [3.63, 3.8) is 0 Å². The highest BCUT2D eigenvalue weighted by molar-refractivity contribution is 6.30. The van der Waals surface area contributed by atoms with Gasteiger partial charge in [0.1, 0.15) is 11.2 Å². The summed E-state index contributed by atoms with van der Waals surface area (Å²) in [6.45, 7) is 1.74. The minimum Gasteiger partial charge on any atom is -0.711 e. The van der Waals surface area contributed by atoms with Gasteiger partial charge in [-0.2, -0.15) is 0 Å². The van der Waals surface area contributed by atoms with Crippen LogP contribution in [0.3, 0.4) is 0 Å². The zero-order valence-corrected chi connectivity index (χ0v) is 5.59. The van der Waals surface area contributed by atoms with Crippen LogP contribution in [-0.2, 0) is 0 Å². The Morgan fingerprint density at radius 1 is 1.78 bits per heavy atom. The Balaban J connectivity index is 3.17. The van der Waals surface area contributed by atoms with E-state index in [0.717, 1.165) is 0 Å². The predicted molar refractivity (Wildman–Crippen MR) is 32.9 cm³/mol. The molecule has 0 aliphatic rings. The van der Waals surface area contributed by atoms with Crippen LogP contribution in [0, 0.1) is 12.1 Å². The van der Waals surface area contributed by atoms with Crippen LogP contribution < -0.4 is 4.73 Å². The maximum atomic E-state index is 10.4. The van der Waals surface area contributed by atoms with Gasteiger partial charge in [0.15, 0.2) is 5.69 Å². The number of hydrogen-bond acceptors (Lipinski definition) is 2. The number of halogens is 1. The molecule has 0 aromatic carbocycles. The average molecular weight is 145 g/mol. The normalized spacial score (nSPS) is 9.56. The molecule has 0 saturated carbocycles. The quantitative estimate of drug-likeness (QED) is 0.397. The van der Waals surface area contributed by atoms with Crippen molar-refractivity contribution in [2.75, 3.05) is 0 Å². The Kier molecular flexibility index (Phi) is 1.53. The van der Waals surface area contributed by atoms with Gasteiger partial charge >= 0.3 is 0 Å². The number of nitrogens with zero attached hydrogens (tertiary/aromatic N) is 2. The van der Waals surface area contributed by atoms with Gasteiger partial charge in [-0.05, 0) is 0 Å². The minimum absolute atomic E-state index is 0.396. The van der Waals surface area contributed by atoms with Crippen molar-refractivity contribution in [1.82, 2.24) is 4.98 Å². The molecule has 0 bridgehead atoms. The summed E-state index contributed by atoms with van der Waals surface area (Å²) in [5, 5.41) is 10.8. The van der Waals surface area contributed by atoms with Crippen LogP contribution in [0.15, 0.2) is 12.5 Å². The molecule has 3 nitrogen and oxygen atoms in total. The first-order chi connectivity index (χ1) is 4.20. The van der Waals surface area contributed by atoms with E-state index >= 15 is 0 Å². The molecule has 0 radical (unpaired) electrons. The van der Waals surface area contributed by atoms with Crippen molar-refractivity contribution >= 4 is 11.6 Å². The smallest absolute Gasteiger partial charge is 0.289 e. The molecule has 1 heterocycles. The van der Waals surface area contributed by atoms with Crippen LogP contribution in [0.25, 0.3) is 0 Å². The molecule has 0 unspecified atom stereocenters. The second-order valence-electron chi connectivity index (χ2n) is 1.67. The lowest BCUT2D eigenvalue weighted by Crippen LogP contribution is -2.25. The Morgan fingerprint density at radius 3 is 2.89 bits per heavy atom. The lowest BCUT2D eigenvalue weighted by Gasteiger charge is -1.97.